The molecule has 1 aromatic carbocycles. The number of rotatable bonds is 4. The largest absolute Gasteiger partial charge is 0.415 e. The van der Waals surface area contributed by atoms with Crippen LogP contribution < -0.4 is 4.74 Å². The Kier molecular flexibility index (Phi) is 4.83. The minimum atomic E-state index is -0.283. The van der Waals surface area contributed by atoms with E-state index in [0.29, 0.717) is 18.8 Å². The van der Waals surface area contributed by atoms with Crippen LogP contribution in [-0.2, 0) is 6.42 Å². The number of carbonyl (C=O) groups is 1. The molecule has 0 fully saturated rings. The third-order valence-corrected chi connectivity index (χ3v) is 2.56. The summed E-state index contributed by atoms with van der Waals surface area (Å²) in [6.07, 6.45) is 0.707. The zero-order valence-corrected chi connectivity index (χ0v) is 10.2. The van der Waals surface area contributed by atoms with Crippen LogP contribution >= 0.6 is 0 Å². The molecule has 0 heterocycles. The number of nitrogens with zero attached hydrogens (tertiary/aromatic N) is 1. The molecule has 0 aliphatic carbocycles. The lowest BCUT2D eigenvalue weighted by Gasteiger charge is -2.17. The van der Waals surface area contributed by atoms with Crippen molar-refractivity contribution >= 4 is 6.09 Å². The first kappa shape index (κ1) is 12.6. The Labute approximate surface area is 97.0 Å². The van der Waals surface area contributed by atoms with E-state index in [1.807, 2.05) is 38.1 Å². The highest BCUT2D eigenvalue weighted by Gasteiger charge is 2.11. The maximum Gasteiger partial charge on any atom is 0.415 e. The molecule has 0 N–H and O–H groups in total. The Morgan fingerprint density at radius 3 is 2.12 bits per heavy atom. The Hall–Kier alpha value is -1.51. The second-order valence-electron chi connectivity index (χ2n) is 3.54. The summed E-state index contributed by atoms with van der Waals surface area (Å²) in [6.45, 7) is 7.30. The third-order valence-electron chi connectivity index (χ3n) is 2.56. The molecule has 0 atom stereocenters. The monoisotopic (exact) mass is 221 g/mol. The van der Waals surface area contributed by atoms with Crippen molar-refractivity contribution in [2.75, 3.05) is 13.1 Å². The topological polar surface area (TPSA) is 29.5 Å². The van der Waals surface area contributed by atoms with Gasteiger partial charge in [0.05, 0.1) is 0 Å². The Morgan fingerprint density at radius 2 is 1.69 bits per heavy atom. The summed E-state index contributed by atoms with van der Waals surface area (Å²) in [4.78, 5) is 13.3. The van der Waals surface area contributed by atoms with Gasteiger partial charge < -0.3 is 9.64 Å². The highest BCUT2D eigenvalue weighted by Crippen LogP contribution is 2.13. The number of hydrogen-bond donors (Lipinski definition) is 0. The molecule has 1 amide bonds. The van der Waals surface area contributed by atoms with Crippen LogP contribution in [0.25, 0.3) is 0 Å². The summed E-state index contributed by atoms with van der Waals surface area (Å²) in [5.41, 5.74) is 1.24. The molecule has 0 unspecified atom stereocenters. The van der Waals surface area contributed by atoms with Gasteiger partial charge in [-0.25, -0.2) is 4.79 Å². The van der Waals surface area contributed by atoms with E-state index in [1.165, 1.54) is 5.56 Å². The van der Waals surface area contributed by atoms with E-state index in [1.54, 1.807) is 4.90 Å². The van der Waals surface area contributed by atoms with Crippen LogP contribution in [0.5, 0.6) is 5.75 Å². The van der Waals surface area contributed by atoms with Gasteiger partial charge in [-0.2, -0.15) is 0 Å². The molecule has 0 aliphatic rings. The summed E-state index contributed by atoms with van der Waals surface area (Å²) in [7, 11) is 0. The minimum absolute atomic E-state index is 0.283. The molecule has 0 spiro atoms. The number of ether oxygens (including phenoxy) is 1. The zero-order chi connectivity index (χ0) is 12.0. The van der Waals surface area contributed by atoms with E-state index in [-0.39, 0.29) is 6.09 Å². The van der Waals surface area contributed by atoms with Crippen LogP contribution in [0.3, 0.4) is 0 Å². The summed E-state index contributed by atoms with van der Waals surface area (Å²) in [5.74, 6) is 0.606. The zero-order valence-electron chi connectivity index (χ0n) is 10.2. The number of aryl methyl sites for hydroxylation is 1. The van der Waals surface area contributed by atoms with Gasteiger partial charge in [0.25, 0.3) is 0 Å². The van der Waals surface area contributed by atoms with E-state index in [0.717, 1.165) is 6.42 Å². The van der Waals surface area contributed by atoms with Crippen LogP contribution in [0.4, 0.5) is 4.79 Å². The van der Waals surface area contributed by atoms with Gasteiger partial charge in [-0.15, -0.1) is 0 Å². The van der Waals surface area contributed by atoms with Crippen LogP contribution in [0, 0.1) is 0 Å². The van der Waals surface area contributed by atoms with Gasteiger partial charge in [-0.1, -0.05) is 19.1 Å². The first-order chi connectivity index (χ1) is 7.71. The fraction of sp³-hybridized carbons (Fsp3) is 0.462. The van der Waals surface area contributed by atoms with E-state index in [2.05, 4.69) is 6.92 Å². The molecule has 16 heavy (non-hydrogen) atoms. The van der Waals surface area contributed by atoms with Crippen molar-refractivity contribution in [2.45, 2.75) is 27.2 Å². The van der Waals surface area contributed by atoms with Crippen LogP contribution in [0.2, 0.25) is 0 Å². The average Bonchev–Trinajstić information content (AvgIpc) is 2.31. The van der Waals surface area contributed by atoms with Crippen molar-refractivity contribution in [1.82, 2.24) is 4.90 Å². The normalized spacial score (nSPS) is 9.94. The predicted molar refractivity (Wildman–Crippen MR) is 64.8 cm³/mol. The fourth-order valence-corrected chi connectivity index (χ4v) is 1.44. The molecule has 3 nitrogen and oxygen atoms in total. The smallest absolute Gasteiger partial charge is 0.410 e. The number of carbonyl (C=O) groups excluding carboxylic acids is 1. The molecule has 1 aromatic rings. The molecule has 0 radical (unpaired) electrons. The quantitative estimate of drug-likeness (QED) is 0.782. The van der Waals surface area contributed by atoms with Crippen molar-refractivity contribution in [3.05, 3.63) is 29.8 Å². The lowest BCUT2D eigenvalue weighted by Crippen LogP contribution is -2.33. The molecule has 0 saturated carbocycles. The van der Waals surface area contributed by atoms with Crippen LogP contribution in [0.1, 0.15) is 26.3 Å². The van der Waals surface area contributed by atoms with Gasteiger partial charge in [0.1, 0.15) is 5.75 Å². The Balaban J connectivity index is 2.62. The predicted octanol–water partition coefficient (Wildman–Crippen LogP) is 3.09. The number of benzene rings is 1. The van der Waals surface area contributed by atoms with E-state index in [9.17, 15) is 4.79 Å². The van der Waals surface area contributed by atoms with Crippen molar-refractivity contribution in [3.63, 3.8) is 0 Å². The molecule has 3 heteroatoms. The molecule has 88 valence electrons. The van der Waals surface area contributed by atoms with Crippen LogP contribution in [-0.4, -0.2) is 24.1 Å². The summed E-state index contributed by atoms with van der Waals surface area (Å²) in [5, 5.41) is 0. The maximum absolute atomic E-state index is 11.6. The minimum Gasteiger partial charge on any atom is -0.410 e. The van der Waals surface area contributed by atoms with Gasteiger partial charge in [0.15, 0.2) is 0 Å². The van der Waals surface area contributed by atoms with Gasteiger partial charge in [0, 0.05) is 13.1 Å². The van der Waals surface area contributed by atoms with E-state index < -0.39 is 0 Å². The molecule has 0 saturated heterocycles. The third kappa shape index (κ3) is 3.26. The standard InChI is InChI=1S/C13H19NO2/c1-4-11-7-9-12(10-8-11)16-13(15)14(5-2)6-3/h7-10H,4-6H2,1-3H3. The maximum atomic E-state index is 11.6. The van der Waals surface area contributed by atoms with Crippen LogP contribution in [0.15, 0.2) is 24.3 Å². The molecule has 0 aliphatic heterocycles. The van der Waals surface area contributed by atoms with Crippen molar-refractivity contribution < 1.29 is 9.53 Å². The number of hydrogen-bond acceptors (Lipinski definition) is 2. The van der Waals surface area contributed by atoms with E-state index in [4.69, 9.17) is 4.74 Å². The van der Waals surface area contributed by atoms with Gasteiger partial charge in [-0.05, 0) is 38.0 Å². The highest BCUT2D eigenvalue weighted by molar-refractivity contribution is 5.70. The molecular weight excluding hydrogens is 202 g/mol. The second-order valence-corrected chi connectivity index (χ2v) is 3.54. The van der Waals surface area contributed by atoms with Crippen molar-refractivity contribution in [2.24, 2.45) is 0 Å². The average molecular weight is 221 g/mol. The Bertz CT molecular complexity index is 328. The molecule has 0 aromatic heterocycles. The highest BCUT2D eigenvalue weighted by atomic mass is 16.6. The lowest BCUT2D eigenvalue weighted by molar-refractivity contribution is 0.157. The molecule has 1 rings (SSSR count). The number of amides is 1. The van der Waals surface area contributed by atoms with Gasteiger partial charge in [-0.3, -0.25) is 0 Å². The molecular formula is C13H19NO2. The second kappa shape index (κ2) is 6.16. The lowest BCUT2D eigenvalue weighted by atomic mass is 10.2. The Morgan fingerprint density at radius 1 is 1.12 bits per heavy atom. The van der Waals surface area contributed by atoms with Crippen molar-refractivity contribution in [3.8, 4) is 5.75 Å². The first-order valence-corrected chi connectivity index (χ1v) is 5.76. The summed E-state index contributed by atoms with van der Waals surface area (Å²) < 4.78 is 5.24. The van der Waals surface area contributed by atoms with E-state index >= 15 is 0 Å². The SMILES string of the molecule is CCc1ccc(OC(=O)N(CC)CC)cc1. The molecule has 0 bridgehead atoms. The van der Waals surface area contributed by atoms with Gasteiger partial charge in [0.2, 0.25) is 0 Å². The fourth-order valence-electron chi connectivity index (χ4n) is 1.44. The van der Waals surface area contributed by atoms with Gasteiger partial charge >= 0.3 is 6.09 Å². The summed E-state index contributed by atoms with van der Waals surface area (Å²) >= 11 is 0. The summed E-state index contributed by atoms with van der Waals surface area (Å²) in [6, 6.07) is 7.62. The first-order valence-electron chi connectivity index (χ1n) is 5.76. The van der Waals surface area contributed by atoms with Crippen molar-refractivity contribution in [1.29, 1.82) is 0 Å².